The van der Waals surface area contributed by atoms with Crippen LogP contribution in [0.2, 0.25) is 0 Å². The number of thiazole rings is 2. The molecule has 0 bridgehead atoms. The number of benzene rings is 4. The van der Waals surface area contributed by atoms with Crippen LogP contribution in [-0.4, -0.2) is 145 Å². The van der Waals surface area contributed by atoms with Crippen LogP contribution in [0.4, 0.5) is 10.3 Å². The molecule has 0 unspecified atom stereocenters. The van der Waals surface area contributed by atoms with E-state index in [4.69, 9.17) is 47.9 Å². The van der Waals surface area contributed by atoms with Gasteiger partial charge in [0.2, 0.25) is 20.0 Å². The van der Waals surface area contributed by atoms with Gasteiger partial charge in [-0.05, 0) is 60.2 Å². The van der Waals surface area contributed by atoms with E-state index in [2.05, 4.69) is 9.80 Å². The Labute approximate surface area is 417 Å². The predicted molar refractivity (Wildman–Crippen MR) is 270 cm³/mol. The van der Waals surface area contributed by atoms with E-state index >= 15 is 0 Å². The molecule has 0 amide bonds. The van der Waals surface area contributed by atoms with Gasteiger partial charge >= 0.3 is 0 Å². The fourth-order valence-electron chi connectivity index (χ4n) is 7.95. The van der Waals surface area contributed by atoms with Crippen molar-refractivity contribution in [1.82, 2.24) is 18.6 Å². The maximum Gasteiger partial charge on any atom is 0.243 e. The summed E-state index contributed by atoms with van der Waals surface area (Å²) in [6.45, 7) is 3.74. The number of nitrogens with zero attached hydrogens (tertiary/aromatic N) is 6. The minimum absolute atomic E-state index is 0.187. The molecule has 2 aromatic heterocycles. The second kappa shape index (κ2) is 23.3. The van der Waals surface area contributed by atoms with Crippen molar-refractivity contribution in [3.05, 3.63) is 106 Å². The monoisotopic (exact) mass is 1040 g/mol. The normalized spacial score (nSPS) is 14.6. The fourth-order valence-corrected chi connectivity index (χ4v) is 12.6. The SMILES string of the molecule is COc1ccc(Cc2csc(N3CCN(S(=O)(=O)c4ccc(OC)c(OC)c4)CC3)n2)cc1OC.COc1ccc(OC)c(Cc2csc(N3CCN(S(=O)(=O)c4ccc(OC)c(OC)c4)CC3)n2)c1. The number of piperazine rings is 2. The Morgan fingerprint density at radius 3 is 1.27 bits per heavy atom. The first kappa shape index (κ1) is 51.8. The van der Waals surface area contributed by atoms with Crippen molar-refractivity contribution in [2.24, 2.45) is 0 Å². The Balaban J connectivity index is 0.000000206. The Morgan fingerprint density at radius 2 is 0.843 bits per heavy atom. The number of rotatable bonds is 18. The Kier molecular flexibility index (Phi) is 17.2. The minimum atomic E-state index is -3.65. The highest BCUT2D eigenvalue weighted by Gasteiger charge is 2.32. The number of ether oxygens (including phenoxy) is 8. The first-order valence-electron chi connectivity index (χ1n) is 22.0. The van der Waals surface area contributed by atoms with Crippen molar-refractivity contribution in [3.63, 3.8) is 0 Å². The largest absolute Gasteiger partial charge is 0.497 e. The molecule has 70 heavy (non-hydrogen) atoms. The van der Waals surface area contributed by atoms with E-state index in [9.17, 15) is 16.8 Å². The van der Waals surface area contributed by atoms with Crippen LogP contribution in [0.15, 0.2) is 93.3 Å². The summed E-state index contributed by atoms with van der Waals surface area (Å²) in [5, 5.41) is 5.84. The van der Waals surface area contributed by atoms with E-state index in [1.54, 1.807) is 75.4 Å². The van der Waals surface area contributed by atoms with Crippen molar-refractivity contribution in [2.75, 3.05) is 119 Å². The number of anilines is 2. The maximum atomic E-state index is 13.2. The Morgan fingerprint density at radius 1 is 0.443 bits per heavy atom. The predicted octanol–water partition coefficient (Wildman–Crippen LogP) is 6.56. The van der Waals surface area contributed by atoms with Gasteiger partial charge in [0.25, 0.3) is 0 Å². The molecule has 8 rings (SSSR count). The second-order valence-electron chi connectivity index (χ2n) is 15.8. The molecule has 0 saturated carbocycles. The molecular formula is C48H58N6O12S4. The van der Waals surface area contributed by atoms with E-state index < -0.39 is 20.0 Å². The number of hydrogen-bond acceptors (Lipinski definition) is 18. The van der Waals surface area contributed by atoms with Crippen LogP contribution in [0, 0.1) is 0 Å². The summed E-state index contributed by atoms with van der Waals surface area (Å²) in [7, 11) is 5.23. The molecule has 2 aliphatic heterocycles. The zero-order chi connectivity index (χ0) is 50.0. The van der Waals surface area contributed by atoms with Gasteiger partial charge in [0.15, 0.2) is 44.8 Å². The summed E-state index contributed by atoms with van der Waals surface area (Å²) in [4.78, 5) is 14.2. The van der Waals surface area contributed by atoms with E-state index in [0.29, 0.717) is 99.7 Å². The molecule has 376 valence electrons. The van der Waals surface area contributed by atoms with Gasteiger partial charge in [0.05, 0.1) is 78.1 Å². The average Bonchev–Trinajstić information content (AvgIpc) is 4.08. The van der Waals surface area contributed by atoms with E-state index in [1.165, 1.54) is 49.2 Å². The van der Waals surface area contributed by atoms with Crippen LogP contribution < -0.4 is 47.7 Å². The van der Waals surface area contributed by atoms with Crippen molar-refractivity contribution in [3.8, 4) is 46.0 Å². The maximum absolute atomic E-state index is 13.2. The third kappa shape index (κ3) is 11.8. The lowest BCUT2D eigenvalue weighted by molar-refractivity contribution is 0.353. The number of sulfonamides is 2. The molecule has 2 aliphatic rings. The van der Waals surface area contributed by atoms with Gasteiger partial charge in [-0.1, -0.05) is 6.07 Å². The number of hydrogen-bond donors (Lipinski definition) is 0. The molecule has 6 aromatic rings. The first-order valence-corrected chi connectivity index (χ1v) is 26.7. The quantitative estimate of drug-likeness (QED) is 0.0903. The highest BCUT2D eigenvalue weighted by molar-refractivity contribution is 7.89. The standard InChI is InChI=1S/2C24H29N3O6S2/c1-30-19-5-7-21(31-2)17(14-19)13-18-16-34-24(25-18)26-9-11-27(12-10-26)35(28,29)20-6-8-22(32-3)23(15-20)33-4;1-30-20-7-5-17(14-22(20)32-3)13-18-16-34-24(25-18)26-9-11-27(12-10-26)35(28,29)19-6-8-21(31-2)23(15-19)33-4/h2*5-8,14-16H,9-13H2,1-4H3. The van der Waals surface area contributed by atoms with Gasteiger partial charge in [0, 0.05) is 93.7 Å². The summed E-state index contributed by atoms with van der Waals surface area (Å²) in [5.74, 6) is 4.68. The van der Waals surface area contributed by atoms with Crippen molar-refractivity contribution >= 4 is 53.0 Å². The molecule has 0 atom stereocenters. The Bertz CT molecular complexity index is 2930. The molecule has 0 aliphatic carbocycles. The van der Waals surface area contributed by atoms with Crippen molar-refractivity contribution in [2.45, 2.75) is 22.6 Å². The number of methoxy groups -OCH3 is 8. The zero-order valence-corrected chi connectivity index (χ0v) is 43.6. The van der Waals surface area contributed by atoms with E-state index in [-0.39, 0.29) is 9.79 Å². The van der Waals surface area contributed by atoms with Gasteiger partial charge < -0.3 is 47.7 Å². The van der Waals surface area contributed by atoms with Crippen LogP contribution in [-0.2, 0) is 32.9 Å². The molecule has 0 N–H and O–H groups in total. The van der Waals surface area contributed by atoms with Crippen LogP contribution >= 0.6 is 22.7 Å². The molecule has 2 fully saturated rings. The second-order valence-corrected chi connectivity index (χ2v) is 21.3. The third-order valence-corrected chi connectivity index (χ3v) is 17.5. The summed E-state index contributed by atoms with van der Waals surface area (Å²) in [6.07, 6.45) is 1.29. The average molecular weight is 1040 g/mol. The van der Waals surface area contributed by atoms with E-state index in [1.807, 2.05) is 47.2 Å². The molecule has 2 saturated heterocycles. The van der Waals surface area contributed by atoms with Crippen LogP contribution in [0.5, 0.6) is 46.0 Å². The Hall–Kier alpha value is -6.04. The van der Waals surface area contributed by atoms with Gasteiger partial charge in [-0.15, -0.1) is 22.7 Å². The van der Waals surface area contributed by atoms with Crippen LogP contribution in [0.25, 0.3) is 0 Å². The smallest absolute Gasteiger partial charge is 0.243 e. The third-order valence-electron chi connectivity index (χ3n) is 11.8. The topological polar surface area (TPSA) is 181 Å². The van der Waals surface area contributed by atoms with Gasteiger partial charge in [0.1, 0.15) is 11.5 Å². The van der Waals surface area contributed by atoms with Gasteiger partial charge in [-0.2, -0.15) is 8.61 Å². The van der Waals surface area contributed by atoms with Gasteiger partial charge in [-0.25, -0.2) is 26.8 Å². The molecule has 18 nitrogen and oxygen atoms in total. The van der Waals surface area contributed by atoms with Crippen LogP contribution in [0.1, 0.15) is 22.5 Å². The summed E-state index contributed by atoms with van der Waals surface area (Å²) < 4.78 is 98.2. The molecule has 4 heterocycles. The zero-order valence-electron chi connectivity index (χ0n) is 40.4. The fraction of sp³-hybridized carbons (Fsp3) is 0.375. The molecule has 0 radical (unpaired) electrons. The van der Waals surface area contributed by atoms with E-state index in [0.717, 1.165) is 44.3 Å². The lowest BCUT2D eigenvalue weighted by Crippen LogP contribution is -2.48. The molecule has 4 aromatic carbocycles. The van der Waals surface area contributed by atoms with Crippen molar-refractivity contribution in [1.29, 1.82) is 0 Å². The first-order chi connectivity index (χ1) is 33.8. The summed E-state index contributed by atoms with van der Waals surface area (Å²) >= 11 is 3.12. The lowest BCUT2D eigenvalue weighted by Gasteiger charge is -2.33. The molecular weight excluding hydrogens is 981 g/mol. The van der Waals surface area contributed by atoms with Crippen molar-refractivity contribution < 1.29 is 54.7 Å². The summed E-state index contributed by atoms with van der Waals surface area (Å²) in [6, 6.07) is 20.9. The highest BCUT2D eigenvalue weighted by atomic mass is 32.2. The number of aromatic nitrogens is 2. The lowest BCUT2D eigenvalue weighted by atomic mass is 10.1. The minimum Gasteiger partial charge on any atom is -0.497 e. The molecule has 22 heteroatoms. The molecule has 0 spiro atoms. The van der Waals surface area contributed by atoms with Gasteiger partial charge in [-0.3, -0.25) is 0 Å². The highest BCUT2D eigenvalue weighted by Crippen LogP contribution is 2.35. The van der Waals surface area contributed by atoms with Crippen LogP contribution in [0.3, 0.4) is 0 Å². The summed E-state index contributed by atoms with van der Waals surface area (Å²) in [5.41, 5.74) is 3.95.